The van der Waals surface area contributed by atoms with Gasteiger partial charge in [-0.15, -0.1) is 0 Å². The Kier molecular flexibility index (Phi) is 9.30. The number of hydrogen-bond acceptors (Lipinski definition) is 2. The molecule has 0 saturated carbocycles. The smallest absolute Gasteiger partial charge is 0.308 e. The number of aliphatic hydroxyl groups excluding tert-OH is 1. The van der Waals surface area contributed by atoms with Crippen molar-refractivity contribution in [1.29, 1.82) is 0 Å². The summed E-state index contributed by atoms with van der Waals surface area (Å²) in [5.74, 6) is -1.55. The third-order valence-electron chi connectivity index (χ3n) is 3.07. The molecule has 3 heteroatoms. The monoisotopic (exact) mass is 230 g/mol. The lowest BCUT2D eigenvalue weighted by Crippen LogP contribution is -2.25. The first-order chi connectivity index (χ1) is 7.59. The second-order valence-corrected chi connectivity index (χ2v) is 4.60. The molecule has 0 radical (unpaired) electrons. The number of carboxylic acids is 1. The Morgan fingerprint density at radius 1 is 1.06 bits per heavy atom. The van der Waals surface area contributed by atoms with Gasteiger partial charge in [0, 0.05) is 0 Å². The van der Waals surface area contributed by atoms with Gasteiger partial charge in [-0.25, -0.2) is 0 Å². The molecular weight excluding hydrogens is 204 g/mol. The summed E-state index contributed by atoms with van der Waals surface area (Å²) >= 11 is 0. The third kappa shape index (κ3) is 7.69. The average molecular weight is 230 g/mol. The van der Waals surface area contributed by atoms with E-state index >= 15 is 0 Å². The van der Waals surface area contributed by atoms with Gasteiger partial charge in [0.05, 0.1) is 12.0 Å². The largest absolute Gasteiger partial charge is 0.481 e. The van der Waals surface area contributed by atoms with E-state index in [1.165, 1.54) is 32.1 Å². The van der Waals surface area contributed by atoms with E-state index in [2.05, 4.69) is 6.92 Å². The van der Waals surface area contributed by atoms with Gasteiger partial charge in [-0.05, 0) is 13.3 Å². The van der Waals surface area contributed by atoms with Crippen LogP contribution in [-0.2, 0) is 4.79 Å². The lowest BCUT2D eigenvalue weighted by molar-refractivity contribution is -0.144. The standard InChI is InChI=1S/C13H26O3/c1-3-4-5-6-7-8-9-10-12(14)11(2)13(15)16/h11-12,14H,3-10H2,1-2H3,(H,15,16). The van der Waals surface area contributed by atoms with Gasteiger partial charge in [-0.3, -0.25) is 4.79 Å². The molecule has 0 aromatic carbocycles. The van der Waals surface area contributed by atoms with Crippen molar-refractivity contribution in [2.45, 2.75) is 71.3 Å². The van der Waals surface area contributed by atoms with Crippen LogP contribution in [-0.4, -0.2) is 22.3 Å². The molecule has 0 heterocycles. The maximum atomic E-state index is 10.6. The summed E-state index contributed by atoms with van der Waals surface area (Å²) in [6, 6.07) is 0. The molecular formula is C13H26O3. The van der Waals surface area contributed by atoms with Crippen LogP contribution in [0.15, 0.2) is 0 Å². The maximum Gasteiger partial charge on any atom is 0.308 e. The highest BCUT2D eigenvalue weighted by molar-refractivity contribution is 5.70. The van der Waals surface area contributed by atoms with E-state index in [0.29, 0.717) is 6.42 Å². The number of rotatable bonds is 10. The molecule has 0 saturated heterocycles. The van der Waals surface area contributed by atoms with Crippen LogP contribution in [0.5, 0.6) is 0 Å². The van der Waals surface area contributed by atoms with Gasteiger partial charge in [0.15, 0.2) is 0 Å². The topological polar surface area (TPSA) is 57.5 Å². The van der Waals surface area contributed by atoms with E-state index in [-0.39, 0.29) is 0 Å². The molecule has 0 aliphatic rings. The quantitative estimate of drug-likeness (QED) is 0.567. The Morgan fingerprint density at radius 2 is 1.56 bits per heavy atom. The summed E-state index contributed by atoms with van der Waals surface area (Å²) in [6.07, 6.45) is 8.29. The molecule has 2 unspecified atom stereocenters. The molecule has 0 aliphatic heterocycles. The molecule has 2 atom stereocenters. The van der Waals surface area contributed by atoms with Gasteiger partial charge in [0.1, 0.15) is 0 Å². The van der Waals surface area contributed by atoms with Crippen molar-refractivity contribution in [2.75, 3.05) is 0 Å². The average Bonchev–Trinajstić information content (AvgIpc) is 2.26. The second-order valence-electron chi connectivity index (χ2n) is 4.60. The van der Waals surface area contributed by atoms with Gasteiger partial charge in [0.25, 0.3) is 0 Å². The zero-order valence-corrected chi connectivity index (χ0v) is 10.6. The maximum absolute atomic E-state index is 10.6. The summed E-state index contributed by atoms with van der Waals surface area (Å²) in [5.41, 5.74) is 0. The van der Waals surface area contributed by atoms with Crippen LogP contribution < -0.4 is 0 Å². The van der Waals surface area contributed by atoms with Crippen LogP contribution in [0.2, 0.25) is 0 Å². The van der Waals surface area contributed by atoms with E-state index in [1.54, 1.807) is 6.92 Å². The van der Waals surface area contributed by atoms with E-state index < -0.39 is 18.0 Å². The fraction of sp³-hybridized carbons (Fsp3) is 0.923. The number of carboxylic acid groups (broad SMARTS) is 1. The van der Waals surface area contributed by atoms with Gasteiger partial charge >= 0.3 is 5.97 Å². The predicted molar refractivity (Wildman–Crippen MR) is 65.4 cm³/mol. The molecule has 0 rings (SSSR count). The molecule has 16 heavy (non-hydrogen) atoms. The Hall–Kier alpha value is -0.570. The van der Waals surface area contributed by atoms with E-state index in [4.69, 9.17) is 5.11 Å². The van der Waals surface area contributed by atoms with Crippen LogP contribution in [0, 0.1) is 5.92 Å². The van der Waals surface area contributed by atoms with Crippen molar-refractivity contribution >= 4 is 5.97 Å². The summed E-state index contributed by atoms with van der Waals surface area (Å²) in [5, 5.41) is 18.2. The van der Waals surface area contributed by atoms with Crippen molar-refractivity contribution in [3.63, 3.8) is 0 Å². The molecule has 0 bridgehead atoms. The minimum Gasteiger partial charge on any atom is -0.481 e. The van der Waals surface area contributed by atoms with Crippen LogP contribution >= 0.6 is 0 Å². The van der Waals surface area contributed by atoms with Gasteiger partial charge in [-0.1, -0.05) is 51.9 Å². The number of carbonyl (C=O) groups is 1. The Balaban J connectivity index is 3.34. The summed E-state index contributed by atoms with van der Waals surface area (Å²) in [7, 11) is 0. The molecule has 0 spiro atoms. The minimum absolute atomic E-state index is 0.612. The first-order valence-electron chi connectivity index (χ1n) is 6.50. The highest BCUT2D eigenvalue weighted by Crippen LogP contribution is 2.13. The number of hydrogen-bond donors (Lipinski definition) is 2. The Bertz CT molecular complexity index is 180. The zero-order chi connectivity index (χ0) is 12.4. The first kappa shape index (κ1) is 15.4. The summed E-state index contributed by atoms with van der Waals surface area (Å²) in [4.78, 5) is 10.6. The Labute approximate surface area is 98.9 Å². The SMILES string of the molecule is CCCCCCCCCC(O)C(C)C(=O)O. The van der Waals surface area contributed by atoms with Gasteiger partial charge in [0.2, 0.25) is 0 Å². The van der Waals surface area contributed by atoms with E-state index in [9.17, 15) is 9.90 Å². The first-order valence-corrected chi connectivity index (χ1v) is 6.50. The van der Waals surface area contributed by atoms with Gasteiger partial charge < -0.3 is 10.2 Å². The van der Waals surface area contributed by atoms with Crippen molar-refractivity contribution in [3.8, 4) is 0 Å². The highest BCUT2D eigenvalue weighted by atomic mass is 16.4. The summed E-state index contributed by atoms with van der Waals surface area (Å²) in [6.45, 7) is 3.76. The molecule has 0 aromatic heterocycles. The van der Waals surface area contributed by atoms with Crippen molar-refractivity contribution in [2.24, 2.45) is 5.92 Å². The van der Waals surface area contributed by atoms with Crippen LogP contribution in [0.1, 0.15) is 65.2 Å². The lowest BCUT2D eigenvalue weighted by Gasteiger charge is -2.14. The van der Waals surface area contributed by atoms with Crippen LogP contribution in [0.4, 0.5) is 0 Å². The molecule has 0 fully saturated rings. The molecule has 0 aromatic rings. The molecule has 96 valence electrons. The van der Waals surface area contributed by atoms with Gasteiger partial charge in [-0.2, -0.15) is 0 Å². The van der Waals surface area contributed by atoms with Crippen LogP contribution in [0.3, 0.4) is 0 Å². The Morgan fingerprint density at radius 3 is 2.06 bits per heavy atom. The molecule has 2 N–H and O–H groups in total. The second kappa shape index (κ2) is 9.64. The zero-order valence-electron chi connectivity index (χ0n) is 10.6. The number of aliphatic hydroxyl groups is 1. The van der Waals surface area contributed by atoms with Crippen LogP contribution in [0.25, 0.3) is 0 Å². The highest BCUT2D eigenvalue weighted by Gasteiger charge is 2.20. The number of aliphatic carboxylic acids is 1. The number of unbranched alkanes of at least 4 members (excludes halogenated alkanes) is 6. The fourth-order valence-electron chi connectivity index (χ4n) is 1.73. The van der Waals surface area contributed by atoms with Crippen molar-refractivity contribution < 1.29 is 15.0 Å². The molecule has 3 nitrogen and oxygen atoms in total. The summed E-state index contributed by atoms with van der Waals surface area (Å²) < 4.78 is 0. The normalized spacial score (nSPS) is 14.7. The van der Waals surface area contributed by atoms with Crippen molar-refractivity contribution in [1.82, 2.24) is 0 Å². The molecule has 0 amide bonds. The van der Waals surface area contributed by atoms with E-state index in [0.717, 1.165) is 12.8 Å². The lowest BCUT2D eigenvalue weighted by atomic mass is 9.98. The van der Waals surface area contributed by atoms with E-state index in [1.807, 2.05) is 0 Å². The van der Waals surface area contributed by atoms with Crippen molar-refractivity contribution in [3.05, 3.63) is 0 Å². The minimum atomic E-state index is -0.907. The third-order valence-corrected chi connectivity index (χ3v) is 3.07. The molecule has 0 aliphatic carbocycles. The predicted octanol–water partition coefficient (Wildman–Crippen LogP) is 3.21. The fourth-order valence-corrected chi connectivity index (χ4v) is 1.73.